The Hall–Kier alpha value is -1.35. The Morgan fingerprint density at radius 1 is 1.19 bits per heavy atom. The summed E-state index contributed by atoms with van der Waals surface area (Å²) in [7, 11) is 5.92. The maximum absolute atomic E-state index is 4.57. The molecule has 1 heterocycles. The van der Waals surface area contributed by atoms with Crippen LogP contribution in [0.3, 0.4) is 0 Å². The van der Waals surface area contributed by atoms with E-state index in [9.17, 15) is 0 Å². The number of aromatic nitrogens is 1. The van der Waals surface area contributed by atoms with E-state index < -0.39 is 0 Å². The maximum atomic E-state index is 4.57. The van der Waals surface area contributed by atoms with Crippen LogP contribution in [0.2, 0.25) is 0 Å². The summed E-state index contributed by atoms with van der Waals surface area (Å²) in [6.07, 6.45) is 0.913. The molecular weight excluding hydrogens is 457 g/mol. The molecule has 0 bridgehead atoms. The third-order valence-electron chi connectivity index (χ3n) is 4.22. The standard InChI is InChI=1S/C19H29N5S.HI/c1-13-11-17(24(5)6)8-7-16(13)12-22-19(20-4)21-10-9-18-23-14(2)15(3)25-18;/h7-8,11H,9-10,12H2,1-6H3,(H2,20,21,22);1H. The van der Waals surface area contributed by atoms with E-state index >= 15 is 0 Å². The van der Waals surface area contributed by atoms with Crippen LogP contribution >= 0.6 is 35.3 Å². The lowest BCUT2D eigenvalue weighted by atomic mass is 10.1. The molecule has 0 spiro atoms. The molecule has 0 radical (unpaired) electrons. The van der Waals surface area contributed by atoms with E-state index in [2.05, 4.69) is 78.6 Å². The monoisotopic (exact) mass is 487 g/mol. The number of rotatable bonds is 6. The number of benzene rings is 1. The molecule has 2 aromatic rings. The molecule has 144 valence electrons. The van der Waals surface area contributed by atoms with Crippen LogP contribution in [0.25, 0.3) is 0 Å². The van der Waals surface area contributed by atoms with Gasteiger partial charge in [0.1, 0.15) is 0 Å². The highest BCUT2D eigenvalue weighted by molar-refractivity contribution is 14.0. The molecule has 2 rings (SSSR count). The van der Waals surface area contributed by atoms with Gasteiger partial charge in [-0.05, 0) is 44.0 Å². The van der Waals surface area contributed by atoms with E-state index in [0.29, 0.717) is 0 Å². The predicted molar refractivity (Wildman–Crippen MR) is 124 cm³/mol. The molecule has 0 unspecified atom stereocenters. The van der Waals surface area contributed by atoms with Gasteiger partial charge in [0.25, 0.3) is 0 Å². The van der Waals surface area contributed by atoms with E-state index in [-0.39, 0.29) is 24.0 Å². The summed E-state index contributed by atoms with van der Waals surface area (Å²) in [5.41, 5.74) is 4.92. The first-order valence-electron chi connectivity index (χ1n) is 8.55. The first-order chi connectivity index (χ1) is 11.9. The number of hydrogen-bond acceptors (Lipinski definition) is 4. The van der Waals surface area contributed by atoms with Crippen molar-refractivity contribution < 1.29 is 0 Å². The first kappa shape index (κ1) is 22.7. The number of nitrogens with one attached hydrogen (secondary N) is 2. The van der Waals surface area contributed by atoms with Gasteiger partial charge >= 0.3 is 0 Å². The van der Waals surface area contributed by atoms with Crippen LogP contribution in [0.5, 0.6) is 0 Å². The van der Waals surface area contributed by atoms with E-state index in [1.807, 2.05) is 0 Å². The summed E-state index contributed by atoms with van der Waals surface area (Å²) in [6, 6.07) is 6.53. The highest BCUT2D eigenvalue weighted by Gasteiger charge is 2.05. The molecule has 26 heavy (non-hydrogen) atoms. The van der Waals surface area contributed by atoms with Crippen LogP contribution in [0.4, 0.5) is 5.69 Å². The molecule has 1 aromatic carbocycles. The number of anilines is 1. The van der Waals surface area contributed by atoms with Gasteiger partial charge in [0.2, 0.25) is 0 Å². The Balaban J connectivity index is 0.00000338. The molecule has 5 nitrogen and oxygen atoms in total. The van der Waals surface area contributed by atoms with Gasteiger partial charge in [-0.15, -0.1) is 35.3 Å². The Bertz CT molecular complexity index is 720. The number of aryl methyl sites for hydroxylation is 3. The topological polar surface area (TPSA) is 52.6 Å². The minimum Gasteiger partial charge on any atom is -0.378 e. The summed E-state index contributed by atoms with van der Waals surface area (Å²) >= 11 is 1.77. The number of thiazole rings is 1. The molecule has 0 aliphatic heterocycles. The molecule has 0 aliphatic rings. The molecule has 0 saturated carbocycles. The van der Waals surface area contributed by atoms with Gasteiger partial charge in [0.05, 0.1) is 10.7 Å². The number of hydrogen-bond donors (Lipinski definition) is 2. The Labute approximate surface area is 178 Å². The van der Waals surface area contributed by atoms with Gasteiger partial charge < -0.3 is 15.5 Å². The van der Waals surface area contributed by atoms with E-state index in [1.54, 1.807) is 18.4 Å². The zero-order chi connectivity index (χ0) is 18.4. The van der Waals surface area contributed by atoms with Crippen molar-refractivity contribution >= 4 is 47.0 Å². The van der Waals surface area contributed by atoms with Gasteiger partial charge in [0.15, 0.2) is 5.96 Å². The molecule has 0 fully saturated rings. The van der Waals surface area contributed by atoms with Crippen molar-refractivity contribution in [1.29, 1.82) is 0 Å². The quantitative estimate of drug-likeness (QED) is 0.371. The second-order valence-electron chi connectivity index (χ2n) is 6.36. The third kappa shape index (κ3) is 6.42. The number of aliphatic imine (C=N–C) groups is 1. The van der Waals surface area contributed by atoms with Gasteiger partial charge in [0, 0.05) is 51.2 Å². The van der Waals surface area contributed by atoms with Crippen molar-refractivity contribution in [1.82, 2.24) is 15.6 Å². The molecule has 0 saturated heterocycles. The van der Waals surface area contributed by atoms with Gasteiger partial charge in [-0.25, -0.2) is 4.98 Å². The average Bonchev–Trinajstić information content (AvgIpc) is 2.89. The molecule has 0 atom stereocenters. The average molecular weight is 487 g/mol. The molecule has 7 heteroatoms. The second-order valence-corrected chi connectivity index (χ2v) is 7.64. The van der Waals surface area contributed by atoms with Crippen molar-refractivity contribution in [2.45, 2.75) is 33.7 Å². The SMILES string of the molecule is CN=C(NCCc1nc(C)c(C)s1)NCc1ccc(N(C)C)cc1C.I. The van der Waals surface area contributed by atoms with Crippen LogP contribution in [-0.4, -0.2) is 38.6 Å². The lowest BCUT2D eigenvalue weighted by Crippen LogP contribution is -2.38. The van der Waals surface area contributed by atoms with Gasteiger partial charge in [-0.1, -0.05) is 6.07 Å². The fourth-order valence-corrected chi connectivity index (χ4v) is 3.42. The van der Waals surface area contributed by atoms with Gasteiger partial charge in [-0.3, -0.25) is 4.99 Å². The molecule has 2 N–H and O–H groups in total. The zero-order valence-corrected chi connectivity index (χ0v) is 19.7. The fourth-order valence-electron chi connectivity index (χ4n) is 2.49. The normalized spacial score (nSPS) is 11.1. The Kier molecular flexibility index (Phi) is 9.35. The number of nitrogens with zero attached hydrogens (tertiary/aromatic N) is 3. The second kappa shape index (κ2) is 10.7. The minimum absolute atomic E-state index is 0. The zero-order valence-electron chi connectivity index (χ0n) is 16.5. The van der Waals surface area contributed by atoms with E-state index in [4.69, 9.17) is 0 Å². The predicted octanol–water partition coefficient (Wildman–Crippen LogP) is 3.66. The van der Waals surface area contributed by atoms with Crippen LogP contribution < -0.4 is 15.5 Å². The van der Waals surface area contributed by atoms with Crippen LogP contribution in [0, 0.1) is 20.8 Å². The smallest absolute Gasteiger partial charge is 0.191 e. The van der Waals surface area contributed by atoms with E-state index in [0.717, 1.165) is 31.2 Å². The Morgan fingerprint density at radius 3 is 2.46 bits per heavy atom. The summed E-state index contributed by atoms with van der Waals surface area (Å²) in [5, 5.41) is 7.92. The van der Waals surface area contributed by atoms with E-state index in [1.165, 1.54) is 26.7 Å². The van der Waals surface area contributed by atoms with Crippen LogP contribution in [-0.2, 0) is 13.0 Å². The summed E-state index contributed by atoms with van der Waals surface area (Å²) in [5.74, 6) is 0.820. The molecular formula is C19H30IN5S. The number of guanidine groups is 1. The van der Waals surface area contributed by atoms with Crippen molar-refractivity contribution in [2.75, 3.05) is 32.6 Å². The van der Waals surface area contributed by atoms with Crippen molar-refractivity contribution in [2.24, 2.45) is 4.99 Å². The highest BCUT2D eigenvalue weighted by atomic mass is 127. The summed E-state index contributed by atoms with van der Waals surface area (Å²) < 4.78 is 0. The summed E-state index contributed by atoms with van der Waals surface area (Å²) in [4.78, 5) is 12.3. The molecule has 0 amide bonds. The van der Waals surface area contributed by atoms with Crippen LogP contribution in [0.1, 0.15) is 26.7 Å². The maximum Gasteiger partial charge on any atom is 0.191 e. The minimum atomic E-state index is 0. The van der Waals surface area contributed by atoms with Crippen LogP contribution in [0.15, 0.2) is 23.2 Å². The largest absolute Gasteiger partial charge is 0.378 e. The van der Waals surface area contributed by atoms with Crippen molar-refractivity contribution in [3.8, 4) is 0 Å². The summed E-state index contributed by atoms with van der Waals surface area (Å²) in [6.45, 7) is 7.91. The first-order valence-corrected chi connectivity index (χ1v) is 9.36. The third-order valence-corrected chi connectivity index (χ3v) is 5.35. The lowest BCUT2D eigenvalue weighted by Gasteiger charge is -2.16. The highest BCUT2D eigenvalue weighted by Crippen LogP contribution is 2.17. The lowest BCUT2D eigenvalue weighted by molar-refractivity contribution is 0.789. The van der Waals surface area contributed by atoms with Gasteiger partial charge in [-0.2, -0.15) is 0 Å². The number of halogens is 1. The van der Waals surface area contributed by atoms with Crippen molar-refractivity contribution in [3.05, 3.63) is 44.9 Å². The Morgan fingerprint density at radius 2 is 1.92 bits per heavy atom. The molecule has 1 aromatic heterocycles. The van der Waals surface area contributed by atoms with Crippen molar-refractivity contribution in [3.63, 3.8) is 0 Å². The molecule has 0 aliphatic carbocycles. The fraction of sp³-hybridized carbons (Fsp3) is 0.474.